The summed E-state index contributed by atoms with van der Waals surface area (Å²) in [5, 5.41) is 23.4. The van der Waals surface area contributed by atoms with Gasteiger partial charge in [0.1, 0.15) is 11.5 Å². The lowest BCUT2D eigenvalue weighted by Crippen LogP contribution is -2.29. The highest BCUT2D eigenvalue weighted by molar-refractivity contribution is 7.16. The number of ether oxygens (including phenoxy) is 1. The van der Waals surface area contributed by atoms with Crippen LogP contribution in [0.2, 0.25) is 0 Å². The number of oxazole rings is 1. The molecule has 0 aliphatic carbocycles. The molecule has 0 radical (unpaired) electrons. The van der Waals surface area contributed by atoms with E-state index in [1.165, 1.54) is 16.9 Å². The van der Waals surface area contributed by atoms with Crippen LogP contribution in [-0.2, 0) is 24.9 Å². The summed E-state index contributed by atoms with van der Waals surface area (Å²) < 4.78 is 13.0. The van der Waals surface area contributed by atoms with E-state index in [0.29, 0.717) is 35.4 Å². The number of nitrogens with zero attached hydrogens (tertiary/aromatic N) is 2. The van der Waals surface area contributed by atoms with E-state index in [9.17, 15) is 9.90 Å². The summed E-state index contributed by atoms with van der Waals surface area (Å²) in [5.41, 5.74) is 2.91. The molecule has 0 fully saturated rings. The van der Waals surface area contributed by atoms with Gasteiger partial charge in [-0.2, -0.15) is 0 Å². The fourth-order valence-corrected chi connectivity index (χ4v) is 6.82. The molecular formula is C39H43N4O5S+. The highest BCUT2D eigenvalue weighted by atomic mass is 32.1. The second kappa shape index (κ2) is 16.1. The number of nitrogens with one attached hydrogen (secondary N) is 2. The molecule has 0 atom stereocenters. The van der Waals surface area contributed by atoms with Gasteiger partial charge in [-0.15, -0.1) is 0 Å². The smallest absolute Gasteiger partial charge is 0.305 e. The molecule has 0 aliphatic rings. The minimum Gasteiger partial charge on any atom is -0.592 e. The standard InChI is InChI=1S/C39H42N4O5S/c1-43(25-21-33-27-41-37(48-33)39(46,30-9-4-2-5-10-30)31-11-6-3-7-12-31)24-8-26-47-32-16-13-28(14-17-32)19-22-40-23-20-29-15-18-34(44)35-36(29)49-38(45)42-35/h2-7,9-18,27,40,44,46H,8,19-26H2,1H3,(H,42,45)/p+1. The topological polar surface area (TPSA) is 127 Å². The van der Waals surface area contributed by atoms with Crippen molar-refractivity contribution in [1.82, 2.24) is 20.2 Å². The predicted octanol–water partition coefficient (Wildman–Crippen LogP) is 5.62. The summed E-state index contributed by atoms with van der Waals surface area (Å²) >= 11 is 1.18. The molecular weight excluding hydrogens is 637 g/mol. The Hall–Kier alpha value is -4.74. The molecule has 9 nitrogen and oxygen atoms in total. The molecule has 0 spiro atoms. The number of aromatic nitrogens is 2. The van der Waals surface area contributed by atoms with Crippen molar-refractivity contribution in [3.8, 4) is 11.5 Å². The van der Waals surface area contributed by atoms with Crippen LogP contribution in [0.3, 0.4) is 0 Å². The van der Waals surface area contributed by atoms with Crippen molar-refractivity contribution < 1.29 is 19.4 Å². The van der Waals surface area contributed by atoms with Crippen molar-refractivity contribution in [2.24, 2.45) is 0 Å². The Morgan fingerprint density at radius 1 is 0.918 bits per heavy atom. The van der Waals surface area contributed by atoms with Crippen LogP contribution in [0.1, 0.15) is 40.3 Å². The Labute approximate surface area is 289 Å². The predicted molar refractivity (Wildman–Crippen MR) is 195 cm³/mol. The number of likely N-dealkylation sites (N-methyl/N-ethyl adjacent to an activating group) is 1. The van der Waals surface area contributed by atoms with E-state index in [0.717, 1.165) is 67.2 Å². The van der Waals surface area contributed by atoms with Crippen LogP contribution in [-0.4, -0.2) is 64.9 Å². The van der Waals surface area contributed by atoms with Crippen LogP contribution < -0.4 is 14.9 Å². The van der Waals surface area contributed by atoms with E-state index >= 15 is 0 Å². The summed E-state index contributed by atoms with van der Waals surface area (Å²) in [7, 11) is 2.08. The second-order valence-corrected chi connectivity index (χ2v) is 13.2. The molecule has 6 aromatic rings. The van der Waals surface area contributed by atoms with E-state index in [-0.39, 0.29) is 10.8 Å². The van der Waals surface area contributed by atoms with Crippen LogP contribution in [0.25, 0.3) is 10.2 Å². The van der Waals surface area contributed by atoms with E-state index < -0.39 is 5.60 Å². The van der Waals surface area contributed by atoms with Crippen molar-refractivity contribution in [3.63, 3.8) is 0 Å². The van der Waals surface area contributed by atoms with Crippen LogP contribution in [0.15, 0.2) is 112 Å². The third kappa shape index (κ3) is 8.47. The molecule has 10 heteroatoms. The summed E-state index contributed by atoms with van der Waals surface area (Å²) in [4.78, 5) is 21.2. The van der Waals surface area contributed by atoms with Gasteiger partial charge in [-0.25, -0.2) is 4.98 Å². The average molecular weight is 680 g/mol. The number of aromatic amines is 1. The van der Waals surface area contributed by atoms with Gasteiger partial charge in [-0.3, -0.25) is 4.79 Å². The molecule has 0 amide bonds. The third-order valence-electron chi connectivity index (χ3n) is 8.69. The van der Waals surface area contributed by atoms with Gasteiger partial charge >= 0.3 is 4.87 Å². The van der Waals surface area contributed by atoms with Gasteiger partial charge in [0, 0.05) is 25.6 Å². The Morgan fingerprint density at radius 2 is 1.61 bits per heavy atom. The first kappa shape index (κ1) is 34.1. The summed E-state index contributed by atoms with van der Waals surface area (Å²) in [5.74, 6) is 2.23. The van der Waals surface area contributed by atoms with Gasteiger partial charge in [0.15, 0.2) is 11.1 Å². The lowest BCUT2D eigenvalue weighted by atomic mass is 9.86. The normalized spacial score (nSPS) is 11.8. The van der Waals surface area contributed by atoms with Gasteiger partial charge in [0.2, 0.25) is 5.89 Å². The zero-order valence-electron chi connectivity index (χ0n) is 27.7. The number of fused-ring (bicyclic) bond motifs is 1. The number of H-pyrrole nitrogens is 1. The summed E-state index contributed by atoms with van der Waals surface area (Å²) in [6.07, 6.45) is 5.01. The first-order valence-corrected chi connectivity index (χ1v) is 17.5. The van der Waals surface area contributed by atoms with E-state index in [1.807, 2.05) is 78.9 Å². The zero-order valence-corrected chi connectivity index (χ0v) is 28.5. The lowest BCUT2D eigenvalue weighted by molar-refractivity contribution is 0.0911. The van der Waals surface area contributed by atoms with Gasteiger partial charge in [-0.1, -0.05) is 84.1 Å². The van der Waals surface area contributed by atoms with Crippen molar-refractivity contribution in [1.29, 1.82) is 0 Å². The highest BCUT2D eigenvalue weighted by Gasteiger charge is 2.38. The lowest BCUT2D eigenvalue weighted by Gasteiger charge is -2.26. The molecule has 2 heterocycles. The number of benzene rings is 4. The maximum atomic E-state index is 11.9. The number of aliphatic hydroxyl groups is 1. The van der Waals surface area contributed by atoms with Gasteiger partial charge in [0.05, 0.1) is 17.5 Å². The molecule has 0 bridgehead atoms. The maximum absolute atomic E-state index is 11.9. The van der Waals surface area contributed by atoms with Gasteiger partial charge in [-0.05, 0) is 79.9 Å². The maximum Gasteiger partial charge on any atom is 0.305 e. The summed E-state index contributed by atoms with van der Waals surface area (Å²) in [6.45, 7) is 3.96. The minimum absolute atomic E-state index is 0.114. The van der Waals surface area contributed by atoms with E-state index in [2.05, 4.69) is 39.4 Å². The van der Waals surface area contributed by atoms with Crippen LogP contribution in [0.5, 0.6) is 11.5 Å². The summed E-state index contributed by atoms with van der Waals surface area (Å²) in [6, 6.07) is 31.0. The molecule has 4 aromatic carbocycles. The molecule has 2 aromatic heterocycles. The Morgan fingerprint density at radius 3 is 2.33 bits per heavy atom. The number of hydrogen-bond acceptors (Lipinski definition) is 8. The fraction of sp³-hybridized carbons (Fsp3) is 0.282. The molecule has 254 valence electrons. The van der Waals surface area contributed by atoms with Crippen molar-refractivity contribution in [2.75, 3.05) is 39.8 Å². The van der Waals surface area contributed by atoms with Crippen molar-refractivity contribution in [3.05, 3.63) is 147 Å². The third-order valence-corrected chi connectivity index (χ3v) is 9.64. The first-order valence-electron chi connectivity index (χ1n) is 16.7. The number of thiazole rings is 1. The molecule has 6 rings (SSSR count). The van der Waals surface area contributed by atoms with Gasteiger partial charge in [0.25, 0.3) is 5.75 Å². The SMILES string of the molecule is CN(CCCOc1ccc(CCNCCc2ccc([OH2+])c3[nH]c(=O)sc23)cc1)CCc1cnc(C(O)(c2ccccc2)c2ccccc2)o1. The minimum atomic E-state index is -1.47. The number of rotatable bonds is 17. The Kier molecular flexibility index (Phi) is 11.2. The zero-order chi connectivity index (χ0) is 34.1. The van der Waals surface area contributed by atoms with Crippen LogP contribution in [0.4, 0.5) is 0 Å². The first-order chi connectivity index (χ1) is 23.9. The van der Waals surface area contributed by atoms with Crippen LogP contribution in [0, 0.1) is 0 Å². The molecule has 0 aliphatic heterocycles. The average Bonchev–Trinajstić information content (AvgIpc) is 3.78. The number of hydrogen-bond donors (Lipinski definition) is 3. The van der Waals surface area contributed by atoms with Crippen LogP contribution >= 0.6 is 11.3 Å². The largest absolute Gasteiger partial charge is 0.592 e. The van der Waals surface area contributed by atoms with Crippen molar-refractivity contribution >= 4 is 21.6 Å². The quantitative estimate of drug-likeness (QED) is 0.0844. The molecule has 0 unspecified atom stereocenters. The molecule has 5 N–H and O–H groups in total. The molecule has 0 saturated heterocycles. The van der Waals surface area contributed by atoms with Crippen molar-refractivity contribution in [2.45, 2.75) is 31.3 Å². The Bertz CT molecular complexity index is 1930. The van der Waals surface area contributed by atoms with E-state index in [4.69, 9.17) is 14.3 Å². The fourth-order valence-electron chi connectivity index (χ4n) is 5.92. The van der Waals surface area contributed by atoms with E-state index in [1.54, 1.807) is 12.3 Å². The Balaban J connectivity index is 0.890. The molecule has 49 heavy (non-hydrogen) atoms. The highest BCUT2D eigenvalue weighted by Crippen LogP contribution is 2.36. The molecule has 0 saturated carbocycles. The van der Waals surface area contributed by atoms with Gasteiger partial charge < -0.3 is 34.6 Å². The monoisotopic (exact) mass is 679 g/mol. The second-order valence-electron chi connectivity index (χ2n) is 12.2.